The van der Waals surface area contributed by atoms with Crippen molar-refractivity contribution in [2.24, 2.45) is 0 Å². The van der Waals surface area contributed by atoms with Crippen LogP contribution in [0.15, 0.2) is 40.9 Å². The summed E-state index contributed by atoms with van der Waals surface area (Å²) in [6.45, 7) is 3.85. The fourth-order valence-electron chi connectivity index (χ4n) is 2.80. The summed E-state index contributed by atoms with van der Waals surface area (Å²) in [6, 6.07) is 13.1. The highest BCUT2D eigenvalue weighted by atomic mass is 127. The van der Waals surface area contributed by atoms with Gasteiger partial charge >= 0.3 is 0 Å². The Kier molecular flexibility index (Phi) is 4.86. The number of fused-ring (bicyclic) bond motifs is 1. The maximum atomic E-state index is 5.89. The van der Waals surface area contributed by atoms with Crippen LogP contribution < -0.4 is 10.1 Å². The summed E-state index contributed by atoms with van der Waals surface area (Å²) >= 11 is 5.99. The molecule has 0 aliphatic carbocycles. The zero-order valence-corrected chi connectivity index (χ0v) is 15.6. The van der Waals surface area contributed by atoms with Crippen LogP contribution in [0.2, 0.25) is 0 Å². The number of nitrogens with one attached hydrogen (secondary N) is 1. The highest BCUT2D eigenvalue weighted by molar-refractivity contribution is 14.1. The Hall–Kier alpha value is -0.590. The lowest BCUT2D eigenvalue weighted by molar-refractivity contribution is 0.350. The van der Waals surface area contributed by atoms with E-state index in [2.05, 4.69) is 87.2 Å². The second-order valence-corrected chi connectivity index (χ2v) is 7.17. The number of ether oxygens (including phenoxy) is 1. The fraction of sp³-hybridized carbons (Fsp3) is 0.294. The smallest absolute Gasteiger partial charge is 0.127 e. The summed E-state index contributed by atoms with van der Waals surface area (Å²) in [6.07, 6.45) is 1.01. The van der Waals surface area contributed by atoms with E-state index in [1.165, 1.54) is 20.3 Å². The Labute approximate surface area is 147 Å². The van der Waals surface area contributed by atoms with Crippen LogP contribution in [0, 0.1) is 3.57 Å². The van der Waals surface area contributed by atoms with Gasteiger partial charge in [-0.25, -0.2) is 0 Å². The highest BCUT2D eigenvalue weighted by Gasteiger charge is 2.24. The summed E-state index contributed by atoms with van der Waals surface area (Å²) in [5.74, 6) is 1.07. The molecular formula is C17H17BrINO. The summed E-state index contributed by atoms with van der Waals surface area (Å²) in [7, 11) is 0. The van der Waals surface area contributed by atoms with E-state index in [1.807, 2.05) is 0 Å². The molecule has 0 aromatic heterocycles. The minimum absolute atomic E-state index is 0.160. The number of rotatable bonds is 4. The van der Waals surface area contributed by atoms with Crippen molar-refractivity contribution in [1.82, 2.24) is 5.32 Å². The van der Waals surface area contributed by atoms with E-state index in [-0.39, 0.29) is 6.04 Å². The van der Waals surface area contributed by atoms with Gasteiger partial charge in [-0.3, -0.25) is 0 Å². The molecule has 0 amide bonds. The molecule has 4 heteroatoms. The summed E-state index contributed by atoms with van der Waals surface area (Å²) in [5.41, 5.74) is 3.85. The van der Waals surface area contributed by atoms with Crippen molar-refractivity contribution in [3.63, 3.8) is 0 Å². The van der Waals surface area contributed by atoms with E-state index in [4.69, 9.17) is 4.74 Å². The molecule has 1 unspecified atom stereocenters. The van der Waals surface area contributed by atoms with Crippen molar-refractivity contribution in [2.75, 3.05) is 13.2 Å². The van der Waals surface area contributed by atoms with Gasteiger partial charge in [-0.2, -0.15) is 0 Å². The van der Waals surface area contributed by atoms with Crippen LogP contribution in [-0.2, 0) is 6.42 Å². The molecule has 0 saturated carbocycles. The molecule has 3 rings (SSSR count). The zero-order chi connectivity index (χ0) is 14.8. The zero-order valence-electron chi connectivity index (χ0n) is 11.8. The summed E-state index contributed by atoms with van der Waals surface area (Å²) < 4.78 is 8.26. The van der Waals surface area contributed by atoms with Gasteiger partial charge in [0.2, 0.25) is 0 Å². The van der Waals surface area contributed by atoms with Gasteiger partial charge < -0.3 is 10.1 Å². The highest BCUT2D eigenvalue weighted by Crippen LogP contribution is 2.38. The number of hydrogen-bond donors (Lipinski definition) is 1. The van der Waals surface area contributed by atoms with Gasteiger partial charge in [0, 0.05) is 20.0 Å². The van der Waals surface area contributed by atoms with E-state index >= 15 is 0 Å². The first-order chi connectivity index (χ1) is 10.2. The number of para-hydroxylation sites is 1. The second kappa shape index (κ2) is 6.67. The van der Waals surface area contributed by atoms with Gasteiger partial charge in [-0.15, -0.1) is 0 Å². The van der Waals surface area contributed by atoms with Gasteiger partial charge in [0.1, 0.15) is 5.75 Å². The molecule has 0 saturated heterocycles. The van der Waals surface area contributed by atoms with Gasteiger partial charge in [0.05, 0.1) is 12.6 Å². The van der Waals surface area contributed by atoms with E-state index in [9.17, 15) is 0 Å². The third-order valence-corrected chi connectivity index (χ3v) is 5.21. The Morgan fingerprint density at radius 2 is 2.14 bits per heavy atom. The van der Waals surface area contributed by atoms with E-state index in [0.717, 1.165) is 29.8 Å². The SMILES string of the molecule is CCNC(c1cc(Br)ccc1I)c1cccc2c1OCC2. The summed E-state index contributed by atoms with van der Waals surface area (Å²) in [5, 5.41) is 3.61. The van der Waals surface area contributed by atoms with Crippen molar-refractivity contribution in [2.45, 2.75) is 19.4 Å². The van der Waals surface area contributed by atoms with Crippen LogP contribution in [-0.4, -0.2) is 13.2 Å². The first kappa shape index (κ1) is 15.3. The maximum Gasteiger partial charge on any atom is 0.127 e. The third-order valence-electron chi connectivity index (χ3n) is 3.73. The van der Waals surface area contributed by atoms with Crippen molar-refractivity contribution in [1.29, 1.82) is 0 Å². The Morgan fingerprint density at radius 1 is 1.29 bits per heavy atom. The van der Waals surface area contributed by atoms with Gasteiger partial charge in [0.25, 0.3) is 0 Å². The Balaban J connectivity index is 2.10. The minimum Gasteiger partial charge on any atom is -0.493 e. The molecule has 0 bridgehead atoms. The average molecular weight is 458 g/mol. The molecular weight excluding hydrogens is 441 g/mol. The maximum absolute atomic E-state index is 5.89. The predicted octanol–water partition coefficient (Wildman–Crippen LogP) is 4.69. The van der Waals surface area contributed by atoms with Crippen LogP contribution in [0.25, 0.3) is 0 Å². The molecule has 21 heavy (non-hydrogen) atoms. The molecule has 1 aliphatic heterocycles. The van der Waals surface area contributed by atoms with Crippen molar-refractivity contribution in [3.8, 4) is 5.75 Å². The van der Waals surface area contributed by atoms with Gasteiger partial charge in [-0.1, -0.05) is 41.1 Å². The average Bonchev–Trinajstić information content (AvgIpc) is 2.96. The number of benzene rings is 2. The Bertz CT molecular complexity index is 659. The first-order valence-electron chi connectivity index (χ1n) is 7.13. The van der Waals surface area contributed by atoms with Gasteiger partial charge in [-0.05, 0) is 58.5 Å². The lowest BCUT2D eigenvalue weighted by atomic mass is 9.96. The normalized spacial score (nSPS) is 14.6. The molecule has 1 atom stereocenters. The molecule has 0 spiro atoms. The molecule has 1 N–H and O–H groups in total. The fourth-order valence-corrected chi connectivity index (χ4v) is 3.82. The Morgan fingerprint density at radius 3 is 2.95 bits per heavy atom. The molecule has 2 aromatic carbocycles. The standard InChI is InChI=1S/C17H17BrINO/c1-2-20-16(14-10-12(18)6-7-15(14)19)13-5-3-4-11-8-9-21-17(11)13/h3-7,10,16,20H,2,8-9H2,1H3. The van der Waals surface area contributed by atoms with Crippen LogP contribution in [0.1, 0.15) is 29.7 Å². The van der Waals surface area contributed by atoms with Crippen LogP contribution in [0.4, 0.5) is 0 Å². The van der Waals surface area contributed by atoms with Crippen LogP contribution in [0.3, 0.4) is 0 Å². The topological polar surface area (TPSA) is 21.3 Å². The van der Waals surface area contributed by atoms with Crippen molar-refractivity contribution in [3.05, 3.63) is 61.1 Å². The van der Waals surface area contributed by atoms with E-state index in [1.54, 1.807) is 0 Å². The quantitative estimate of drug-likeness (QED) is 0.672. The largest absolute Gasteiger partial charge is 0.493 e. The molecule has 0 radical (unpaired) electrons. The van der Waals surface area contributed by atoms with Crippen molar-refractivity contribution >= 4 is 38.5 Å². The summed E-state index contributed by atoms with van der Waals surface area (Å²) in [4.78, 5) is 0. The first-order valence-corrected chi connectivity index (χ1v) is 9.00. The molecule has 2 aromatic rings. The molecule has 2 nitrogen and oxygen atoms in total. The monoisotopic (exact) mass is 457 g/mol. The third kappa shape index (κ3) is 3.12. The minimum atomic E-state index is 0.160. The molecule has 110 valence electrons. The lowest BCUT2D eigenvalue weighted by Crippen LogP contribution is -2.23. The van der Waals surface area contributed by atoms with Crippen molar-refractivity contribution < 1.29 is 4.74 Å². The lowest BCUT2D eigenvalue weighted by Gasteiger charge is -2.22. The van der Waals surface area contributed by atoms with E-state index < -0.39 is 0 Å². The number of hydrogen-bond acceptors (Lipinski definition) is 2. The van der Waals surface area contributed by atoms with Crippen LogP contribution in [0.5, 0.6) is 5.75 Å². The predicted molar refractivity (Wildman–Crippen MR) is 98.0 cm³/mol. The molecule has 1 heterocycles. The number of halogens is 2. The van der Waals surface area contributed by atoms with Gasteiger partial charge in [0.15, 0.2) is 0 Å². The second-order valence-electron chi connectivity index (χ2n) is 5.09. The van der Waals surface area contributed by atoms with E-state index in [0.29, 0.717) is 0 Å². The van der Waals surface area contributed by atoms with Crippen LogP contribution >= 0.6 is 38.5 Å². The molecule has 0 fully saturated rings. The molecule has 1 aliphatic rings.